The molecule has 0 unspecified atom stereocenters. The average molecular weight is 483 g/mol. The number of amides is 2. The predicted molar refractivity (Wildman–Crippen MR) is 134 cm³/mol. The van der Waals surface area contributed by atoms with Crippen molar-refractivity contribution in [2.24, 2.45) is 0 Å². The van der Waals surface area contributed by atoms with Crippen LogP contribution in [0.25, 0.3) is 0 Å². The SMILES string of the molecule is CCCC(=O)N(Cc1ccc(Cl)cc1)[C@H](Cc1ccccc1)C(=O)NCc1ccccc1Cl. The molecule has 0 saturated carbocycles. The Morgan fingerprint density at radius 3 is 2.21 bits per heavy atom. The number of rotatable bonds is 10. The molecule has 3 rings (SSSR count). The van der Waals surface area contributed by atoms with Gasteiger partial charge in [0.2, 0.25) is 11.8 Å². The van der Waals surface area contributed by atoms with E-state index >= 15 is 0 Å². The molecule has 3 aromatic rings. The van der Waals surface area contributed by atoms with Gasteiger partial charge in [-0.1, -0.05) is 90.8 Å². The van der Waals surface area contributed by atoms with E-state index in [1.807, 2.05) is 67.6 Å². The van der Waals surface area contributed by atoms with Crippen molar-refractivity contribution in [2.75, 3.05) is 0 Å². The van der Waals surface area contributed by atoms with E-state index in [1.54, 1.807) is 23.1 Å². The molecule has 3 aromatic carbocycles. The Hall–Kier alpha value is -2.82. The van der Waals surface area contributed by atoms with E-state index in [0.717, 1.165) is 16.7 Å². The standard InChI is InChI=1S/C27H28Cl2N2O2/c1-2-8-26(32)31(19-21-13-15-23(28)16-14-21)25(17-20-9-4-3-5-10-20)27(33)30-18-22-11-6-7-12-24(22)29/h3-7,9-16,25H,2,8,17-19H2,1H3,(H,30,33)/t25-/m1/s1. The van der Waals surface area contributed by atoms with Crippen LogP contribution in [0.1, 0.15) is 36.5 Å². The van der Waals surface area contributed by atoms with Crippen molar-refractivity contribution in [3.05, 3.63) is 106 Å². The molecule has 0 bridgehead atoms. The van der Waals surface area contributed by atoms with Crippen molar-refractivity contribution >= 4 is 35.0 Å². The number of nitrogens with one attached hydrogen (secondary N) is 1. The molecule has 0 heterocycles. The number of hydrogen-bond donors (Lipinski definition) is 1. The summed E-state index contributed by atoms with van der Waals surface area (Å²) < 4.78 is 0. The molecule has 172 valence electrons. The summed E-state index contributed by atoms with van der Waals surface area (Å²) in [4.78, 5) is 28.3. The van der Waals surface area contributed by atoms with Crippen molar-refractivity contribution in [1.29, 1.82) is 0 Å². The largest absolute Gasteiger partial charge is 0.350 e. The quantitative estimate of drug-likeness (QED) is 0.382. The topological polar surface area (TPSA) is 49.4 Å². The first-order chi connectivity index (χ1) is 16.0. The highest BCUT2D eigenvalue weighted by Crippen LogP contribution is 2.19. The molecule has 1 N–H and O–H groups in total. The lowest BCUT2D eigenvalue weighted by Crippen LogP contribution is -2.50. The second-order valence-electron chi connectivity index (χ2n) is 7.91. The highest BCUT2D eigenvalue weighted by Gasteiger charge is 2.30. The highest BCUT2D eigenvalue weighted by molar-refractivity contribution is 6.31. The Balaban J connectivity index is 1.88. The molecule has 0 fully saturated rings. The monoisotopic (exact) mass is 482 g/mol. The van der Waals surface area contributed by atoms with Gasteiger partial charge in [-0.05, 0) is 41.3 Å². The lowest BCUT2D eigenvalue weighted by molar-refractivity contribution is -0.141. The maximum absolute atomic E-state index is 13.5. The first-order valence-electron chi connectivity index (χ1n) is 11.1. The summed E-state index contributed by atoms with van der Waals surface area (Å²) in [6, 6.07) is 23.8. The van der Waals surface area contributed by atoms with Gasteiger partial charge in [-0.2, -0.15) is 0 Å². The summed E-state index contributed by atoms with van der Waals surface area (Å²) in [5, 5.41) is 4.22. The van der Waals surface area contributed by atoms with Crippen LogP contribution in [0.4, 0.5) is 0 Å². The fourth-order valence-corrected chi connectivity index (χ4v) is 3.97. The number of carbonyl (C=O) groups is 2. The van der Waals surface area contributed by atoms with Gasteiger partial charge in [-0.15, -0.1) is 0 Å². The predicted octanol–water partition coefficient (Wildman–Crippen LogP) is 6.05. The molecule has 0 aliphatic carbocycles. The molecule has 1 atom stereocenters. The van der Waals surface area contributed by atoms with Gasteiger partial charge >= 0.3 is 0 Å². The lowest BCUT2D eigenvalue weighted by atomic mass is 10.0. The third-order valence-corrected chi connectivity index (χ3v) is 6.03. The summed E-state index contributed by atoms with van der Waals surface area (Å²) in [6.07, 6.45) is 1.49. The molecule has 0 spiro atoms. The average Bonchev–Trinajstić information content (AvgIpc) is 2.82. The van der Waals surface area contributed by atoms with Crippen molar-refractivity contribution < 1.29 is 9.59 Å². The van der Waals surface area contributed by atoms with Crippen LogP contribution in [0.15, 0.2) is 78.9 Å². The minimum Gasteiger partial charge on any atom is -0.350 e. The molecule has 0 radical (unpaired) electrons. The van der Waals surface area contributed by atoms with E-state index in [1.165, 1.54) is 0 Å². The van der Waals surface area contributed by atoms with Crippen molar-refractivity contribution in [2.45, 2.75) is 45.3 Å². The molecular formula is C27H28Cl2N2O2. The van der Waals surface area contributed by atoms with Gasteiger partial charge in [0.1, 0.15) is 6.04 Å². The minimum atomic E-state index is -0.662. The fourth-order valence-electron chi connectivity index (χ4n) is 3.64. The van der Waals surface area contributed by atoms with Crippen LogP contribution < -0.4 is 5.32 Å². The van der Waals surface area contributed by atoms with E-state index < -0.39 is 6.04 Å². The fraction of sp³-hybridized carbons (Fsp3) is 0.259. The first-order valence-corrected chi connectivity index (χ1v) is 11.8. The second-order valence-corrected chi connectivity index (χ2v) is 8.76. The molecule has 0 saturated heterocycles. The van der Waals surface area contributed by atoms with Crippen LogP contribution in [0.5, 0.6) is 0 Å². The normalized spacial score (nSPS) is 11.6. The van der Waals surface area contributed by atoms with Crippen LogP contribution in [-0.2, 0) is 29.1 Å². The molecule has 6 heteroatoms. The highest BCUT2D eigenvalue weighted by atomic mass is 35.5. The van der Waals surface area contributed by atoms with Gasteiger partial charge in [-0.25, -0.2) is 0 Å². The minimum absolute atomic E-state index is 0.0544. The lowest BCUT2D eigenvalue weighted by Gasteiger charge is -2.31. The Labute approximate surface area is 205 Å². The third-order valence-electron chi connectivity index (χ3n) is 5.41. The Morgan fingerprint density at radius 1 is 0.879 bits per heavy atom. The number of carbonyl (C=O) groups excluding carboxylic acids is 2. The summed E-state index contributed by atoms with van der Waals surface area (Å²) >= 11 is 12.3. The van der Waals surface area contributed by atoms with Gasteiger partial charge < -0.3 is 10.2 Å². The Morgan fingerprint density at radius 2 is 1.55 bits per heavy atom. The first kappa shape index (κ1) is 24.8. The van der Waals surface area contributed by atoms with Crippen molar-refractivity contribution in [3.63, 3.8) is 0 Å². The van der Waals surface area contributed by atoms with Gasteiger partial charge in [-0.3, -0.25) is 9.59 Å². The van der Waals surface area contributed by atoms with Gasteiger partial charge in [0.05, 0.1) is 0 Å². The van der Waals surface area contributed by atoms with Crippen LogP contribution in [0, 0.1) is 0 Å². The van der Waals surface area contributed by atoms with Crippen molar-refractivity contribution in [3.8, 4) is 0 Å². The molecule has 33 heavy (non-hydrogen) atoms. The van der Waals surface area contributed by atoms with Crippen LogP contribution in [0.2, 0.25) is 10.0 Å². The number of hydrogen-bond acceptors (Lipinski definition) is 2. The smallest absolute Gasteiger partial charge is 0.243 e. The Kier molecular flexibility index (Phi) is 9.35. The second kappa shape index (κ2) is 12.4. The number of nitrogens with zero attached hydrogens (tertiary/aromatic N) is 1. The van der Waals surface area contributed by atoms with E-state index in [2.05, 4.69) is 5.32 Å². The number of halogens is 2. The van der Waals surface area contributed by atoms with Crippen LogP contribution in [-0.4, -0.2) is 22.8 Å². The van der Waals surface area contributed by atoms with E-state index in [4.69, 9.17) is 23.2 Å². The van der Waals surface area contributed by atoms with E-state index in [-0.39, 0.29) is 11.8 Å². The molecule has 0 aromatic heterocycles. The van der Waals surface area contributed by atoms with Crippen molar-refractivity contribution in [1.82, 2.24) is 10.2 Å². The maximum Gasteiger partial charge on any atom is 0.243 e. The molecule has 0 aliphatic rings. The zero-order chi connectivity index (χ0) is 23.6. The van der Waals surface area contributed by atoms with Gasteiger partial charge in [0.25, 0.3) is 0 Å². The molecule has 4 nitrogen and oxygen atoms in total. The van der Waals surface area contributed by atoms with Crippen LogP contribution >= 0.6 is 23.2 Å². The Bertz CT molecular complexity index is 1060. The number of benzene rings is 3. The van der Waals surface area contributed by atoms with E-state index in [0.29, 0.717) is 42.4 Å². The molecule has 0 aliphatic heterocycles. The molecular weight excluding hydrogens is 455 g/mol. The van der Waals surface area contributed by atoms with Gasteiger partial charge in [0, 0.05) is 36.0 Å². The van der Waals surface area contributed by atoms with Crippen LogP contribution in [0.3, 0.4) is 0 Å². The maximum atomic E-state index is 13.5. The third kappa shape index (κ3) is 7.34. The van der Waals surface area contributed by atoms with Gasteiger partial charge in [0.15, 0.2) is 0 Å². The zero-order valence-electron chi connectivity index (χ0n) is 18.6. The van der Waals surface area contributed by atoms with E-state index in [9.17, 15) is 9.59 Å². The molecule has 2 amide bonds. The summed E-state index contributed by atoms with van der Waals surface area (Å²) in [5.74, 6) is -0.265. The zero-order valence-corrected chi connectivity index (χ0v) is 20.1. The summed E-state index contributed by atoms with van der Waals surface area (Å²) in [6.45, 7) is 2.58. The summed E-state index contributed by atoms with van der Waals surface area (Å²) in [7, 11) is 0. The summed E-state index contributed by atoms with van der Waals surface area (Å²) in [5.41, 5.74) is 2.73.